The van der Waals surface area contributed by atoms with Crippen molar-refractivity contribution in [2.75, 3.05) is 13.2 Å². The Morgan fingerprint density at radius 1 is 1.00 bits per heavy atom. The fourth-order valence-corrected chi connectivity index (χ4v) is 4.85. The molecular formula is C22H26N2O5. The predicted molar refractivity (Wildman–Crippen MR) is 103 cm³/mol. The third-order valence-corrected chi connectivity index (χ3v) is 6.29. The van der Waals surface area contributed by atoms with Gasteiger partial charge in [-0.25, -0.2) is 0 Å². The smallest absolute Gasteiger partial charge is 0.326 e. The number of nitrogens with zero attached hydrogens (tertiary/aromatic N) is 1. The number of ether oxygens (including phenoxy) is 1. The predicted octanol–water partition coefficient (Wildman–Crippen LogP) is 1.90. The zero-order valence-corrected chi connectivity index (χ0v) is 16.4. The molecule has 0 spiro atoms. The molecule has 0 radical (unpaired) electrons. The average Bonchev–Trinajstić information content (AvgIpc) is 2.98. The Bertz CT molecular complexity index is 812. The lowest BCUT2D eigenvalue weighted by molar-refractivity contribution is -0.155. The maximum atomic E-state index is 12.4. The van der Waals surface area contributed by atoms with E-state index in [4.69, 9.17) is 4.74 Å². The Kier molecular flexibility index (Phi) is 5.65. The maximum absolute atomic E-state index is 12.4. The quantitative estimate of drug-likeness (QED) is 0.604. The minimum absolute atomic E-state index is 0.0870. The minimum Gasteiger partial charge on any atom is -0.454 e. The molecular weight excluding hydrogens is 372 g/mol. The molecule has 3 atom stereocenters. The number of nitrogens with one attached hydrogen (secondary N) is 1. The standard InChI is InChI=1S/C22H26N2O5/c25-19(23-18-11-5-7-14-6-1-2-8-15(14)18)13-29-20(26)12-24-21(27)16-9-3-4-10-17(16)22(24)28/h1-2,6,8,16-18H,3-5,7,9-13H2,(H,23,25)/t16-,17-,18+/m1/s1. The van der Waals surface area contributed by atoms with Gasteiger partial charge in [0.15, 0.2) is 6.61 Å². The molecule has 2 fully saturated rings. The van der Waals surface area contributed by atoms with E-state index in [1.165, 1.54) is 5.56 Å². The molecule has 154 valence electrons. The number of fused-ring (bicyclic) bond motifs is 2. The fourth-order valence-electron chi connectivity index (χ4n) is 4.85. The number of amides is 3. The van der Waals surface area contributed by atoms with Crippen molar-refractivity contribution in [3.05, 3.63) is 35.4 Å². The van der Waals surface area contributed by atoms with Crippen molar-refractivity contribution in [1.82, 2.24) is 10.2 Å². The summed E-state index contributed by atoms with van der Waals surface area (Å²) in [5, 5.41) is 2.92. The van der Waals surface area contributed by atoms with Crippen molar-refractivity contribution in [2.24, 2.45) is 11.8 Å². The lowest BCUT2D eigenvalue weighted by Crippen LogP contribution is -2.38. The van der Waals surface area contributed by atoms with Crippen molar-refractivity contribution in [3.63, 3.8) is 0 Å². The highest BCUT2D eigenvalue weighted by molar-refractivity contribution is 6.07. The Morgan fingerprint density at radius 2 is 1.69 bits per heavy atom. The van der Waals surface area contributed by atoms with Crippen molar-refractivity contribution < 1.29 is 23.9 Å². The summed E-state index contributed by atoms with van der Waals surface area (Å²) in [4.78, 5) is 50.3. The highest BCUT2D eigenvalue weighted by Crippen LogP contribution is 2.37. The first-order chi connectivity index (χ1) is 14.0. The third-order valence-electron chi connectivity index (χ3n) is 6.29. The summed E-state index contributed by atoms with van der Waals surface area (Å²) in [6.45, 7) is -0.829. The average molecular weight is 398 g/mol. The monoisotopic (exact) mass is 398 g/mol. The second-order valence-corrected chi connectivity index (χ2v) is 8.13. The first-order valence-corrected chi connectivity index (χ1v) is 10.4. The number of likely N-dealkylation sites (tertiary alicyclic amines) is 1. The zero-order valence-electron chi connectivity index (χ0n) is 16.4. The molecule has 0 aromatic heterocycles. The summed E-state index contributed by atoms with van der Waals surface area (Å²) < 4.78 is 5.05. The van der Waals surface area contributed by atoms with Gasteiger partial charge in [0.05, 0.1) is 17.9 Å². The summed E-state index contributed by atoms with van der Waals surface area (Å²) in [6.07, 6.45) is 6.10. The van der Waals surface area contributed by atoms with Crippen LogP contribution in [-0.2, 0) is 30.3 Å². The van der Waals surface area contributed by atoms with Gasteiger partial charge < -0.3 is 10.1 Å². The molecule has 1 aromatic carbocycles. The third kappa shape index (κ3) is 4.04. The van der Waals surface area contributed by atoms with Crippen LogP contribution in [0.5, 0.6) is 0 Å². The van der Waals surface area contributed by atoms with E-state index < -0.39 is 19.1 Å². The molecule has 3 aliphatic rings. The normalized spacial score (nSPS) is 25.9. The van der Waals surface area contributed by atoms with Crippen LogP contribution in [0.4, 0.5) is 0 Å². The van der Waals surface area contributed by atoms with Gasteiger partial charge in [-0.1, -0.05) is 37.1 Å². The van der Waals surface area contributed by atoms with Gasteiger partial charge in [-0.15, -0.1) is 0 Å². The van der Waals surface area contributed by atoms with Gasteiger partial charge >= 0.3 is 5.97 Å². The van der Waals surface area contributed by atoms with Crippen molar-refractivity contribution >= 4 is 23.7 Å². The van der Waals surface area contributed by atoms with Crippen molar-refractivity contribution in [1.29, 1.82) is 0 Å². The second-order valence-electron chi connectivity index (χ2n) is 8.13. The maximum Gasteiger partial charge on any atom is 0.326 e. The molecule has 1 saturated carbocycles. The first-order valence-electron chi connectivity index (χ1n) is 10.4. The Morgan fingerprint density at radius 3 is 2.41 bits per heavy atom. The van der Waals surface area contributed by atoms with E-state index in [-0.39, 0.29) is 35.6 Å². The Labute approximate surface area is 169 Å². The highest BCUT2D eigenvalue weighted by Gasteiger charge is 2.48. The van der Waals surface area contributed by atoms with Crippen LogP contribution in [0.2, 0.25) is 0 Å². The number of esters is 1. The van der Waals surface area contributed by atoms with Gasteiger partial charge in [0.25, 0.3) is 5.91 Å². The summed E-state index contributed by atoms with van der Waals surface area (Å²) in [7, 11) is 0. The number of aryl methyl sites for hydroxylation is 1. The Balaban J connectivity index is 1.27. The van der Waals surface area contributed by atoms with Crippen LogP contribution in [0, 0.1) is 11.8 Å². The topological polar surface area (TPSA) is 92.8 Å². The lowest BCUT2D eigenvalue weighted by Gasteiger charge is -2.26. The van der Waals surface area contributed by atoms with E-state index in [2.05, 4.69) is 11.4 Å². The molecule has 7 heteroatoms. The van der Waals surface area contributed by atoms with Crippen LogP contribution in [0.25, 0.3) is 0 Å². The number of hydrogen-bond donors (Lipinski definition) is 1. The first kappa shape index (κ1) is 19.6. The van der Waals surface area contributed by atoms with Gasteiger partial charge in [0.2, 0.25) is 11.8 Å². The summed E-state index contributed by atoms with van der Waals surface area (Å²) in [5.41, 5.74) is 2.34. The second kappa shape index (κ2) is 8.35. The molecule has 4 rings (SSSR count). The largest absolute Gasteiger partial charge is 0.454 e. The summed E-state index contributed by atoms with van der Waals surface area (Å²) in [5.74, 6) is -2.25. The number of benzene rings is 1. The molecule has 1 heterocycles. The molecule has 2 aliphatic carbocycles. The van der Waals surface area contributed by atoms with E-state index in [9.17, 15) is 19.2 Å². The van der Waals surface area contributed by atoms with Gasteiger partial charge in [0, 0.05) is 0 Å². The van der Waals surface area contributed by atoms with Crippen molar-refractivity contribution in [3.8, 4) is 0 Å². The molecule has 29 heavy (non-hydrogen) atoms. The number of carbonyl (C=O) groups excluding carboxylic acids is 4. The van der Waals surface area contributed by atoms with Gasteiger partial charge in [0.1, 0.15) is 6.54 Å². The lowest BCUT2D eigenvalue weighted by atomic mass is 9.81. The van der Waals surface area contributed by atoms with Gasteiger partial charge in [-0.05, 0) is 43.2 Å². The molecule has 1 N–H and O–H groups in total. The van der Waals surface area contributed by atoms with Gasteiger partial charge in [-0.2, -0.15) is 0 Å². The van der Waals surface area contributed by atoms with Crippen LogP contribution in [0.3, 0.4) is 0 Å². The van der Waals surface area contributed by atoms with Crippen LogP contribution in [0.15, 0.2) is 24.3 Å². The highest BCUT2D eigenvalue weighted by atomic mass is 16.5. The molecule has 1 aliphatic heterocycles. The van der Waals surface area contributed by atoms with E-state index in [1.54, 1.807) is 0 Å². The molecule has 7 nitrogen and oxygen atoms in total. The molecule has 3 amide bonds. The van der Waals surface area contributed by atoms with Crippen LogP contribution >= 0.6 is 0 Å². The number of rotatable bonds is 5. The Hall–Kier alpha value is -2.70. The van der Waals surface area contributed by atoms with Crippen LogP contribution in [0.1, 0.15) is 55.7 Å². The van der Waals surface area contributed by atoms with E-state index in [1.807, 2.05) is 18.2 Å². The minimum atomic E-state index is -0.732. The number of carbonyl (C=O) groups is 4. The van der Waals surface area contributed by atoms with E-state index in [0.717, 1.165) is 42.6 Å². The summed E-state index contributed by atoms with van der Waals surface area (Å²) in [6, 6.07) is 7.92. The van der Waals surface area contributed by atoms with E-state index >= 15 is 0 Å². The SMILES string of the molecule is O=C(COC(=O)CN1C(=O)[C@@H]2CCCC[C@H]2C1=O)N[C@H]1CCCc2ccccc21. The number of imide groups is 1. The van der Waals surface area contributed by atoms with Gasteiger partial charge in [-0.3, -0.25) is 24.1 Å². The molecule has 1 saturated heterocycles. The van der Waals surface area contributed by atoms with Crippen molar-refractivity contribution in [2.45, 2.75) is 51.0 Å². The molecule has 1 aromatic rings. The summed E-state index contributed by atoms with van der Waals surface area (Å²) >= 11 is 0. The zero-order chi connectivity index (χ0) is 20.4. The molecule has 0 bridgehead atoms. The van der Waals surface area contributed by atoms with E-state index in [0.29, 0.717) is 12.8 Å². The molecule has 0 unspecified atom stereocenters. The van der Waals surface area contributed by atoms with Crippen LogP contribution < -0.4 is 5.32 Å². The fraction of sp³-hybridized carbons (Fsp3) is 0.545. The van der Waals surface area contributed by atoms with Crippen LogP contribution in [-0.4, -0.2) is 41.7 Å². The number of hydrogen-bond acceptors (Lipinski definition) is 5.